The van der Waals surface area contributed by atoms with Gasteiger partial charge in [-0.15, -0.1) is 0 Å². The van der Waals surface area contributed by atoms with Gasteiger partial charge in [0.15, 0.2) is 0 Å². The van der Waals surface area contributed by atoms with E-state index in [1.54, 1.807) is 18.2 Å². The molecule has 21 heavy (non-hydrogen) atoms. The maximum absolute atomic E-state index is 12.4. The van der Waals surface area contributed by atoms with Gasteiger partial charge in [-0.1, -0.05) is 25.0 Å². The Morgan fingerprint density at radius 1 is 1.29 bits per heavy atom. The molecule has 6 nitrogen and oxygen atoms in total. The van der Waals surface area contributed by atoms with Crippen LogP contribution in [0.4, 0.5) is 0 Å². The first kappa shape index (κ1) is 14.9. The zero-order valence-corrected chi connectivity index (χ0v) is 11.9. The standard InChI is InChI=1S/C15H16N2O4/c1-3-4-12(13(19)16-8-18)17-14(20)10-6-5-9(2)7-11(10)15(17)21/h5-8,12H,3-4H2,1-2H3,(H,16,18,19). The van der Waals surface area contributed by atoms with E-state index in [1.165, 1.54) is 0 Å². The smallest absolute Gasteiger partial charge is 0.262 e. The highest BCUT2D eigenvalue weighted by atomic mass is 16.2. The molecule has 2 rings (SSSR count). The number of carbonyl (C=O) groups excluding carboxylic acids is 4. The van der Waals surface area contributed by atoms with Crippen LogP contribution in [0.5, 0.6) is 0 Å². The molecule has 0 spiro atoms. The van der Waals surface area contributed by atoms with Gasteiger partial charge >= 0.3 is 0 Å². The Labute approximate surface area is 122 Å². The third kappa shape index (κ3) is 2.56. The van der Waals surface area contributed by atoms with Crippen molar-refractivity contribution in [3.05, 3.63) is 34.9 Å². The Morgan fingerprint density at radius 3 is 2.57 bits per heavy atom. The monoisotopic (exact) mass is 288 g/mol. The summed E-state index contributed by atoms with van der Waals surface area (Å²) in [5.74, 6) is -1.62. The quantitative estimate of drug-likeness (QED) is 0.648. The lowest BCUT2D eigenvalue weighted by Crippen LogP contribution is -2.49. The lowest BCUT2D eigenvalue weighted by molar-refractivity contribution is -0.128. The van der Waals surface area contributed by atoms with Crippen LogP contribution < -0.4 is 5.32 Å². The molecule has 1 aliphatic rings. The van der Waals surface area contributed by atoms with Crippen LogP contribution in [0.15, 0.2) is 18.2 Å². The third-order valence-corrected chi connectivity index (χ3v) is 3.45. The minimum Gasteiger partial charge on any atom is -0.297 e. The number of hydrogen-bond donors (Lipinski definition) is 1. The van der Waals surface area contributed by atoms with Gasteiger partial charge in [-0.2, -0.15) is 0 Å². The molecule has 0 aliphatic carbocycles. The fraction of sp³-hybridized carbons (Fsp3) is 0.333. The van der Waals surface area contributed by atoms with Crippen molar-refractivity contribution < 1.29 is 19.2 Å². The normalized spacial score (nSPS) is 14.9. The van der Waals surface area contributed by atoms with Crippen molar-refractivity contribution in [3.8, 4) is 0 Å². The summed E-state index contributed by atoms with van der Waals surface area (Å²) < 4.78 is 0. The molecule has 1 heterocycles. The molecule has 1 aliphatic heterocycles. The Morgan fingerprint density at radius 2 is 1.95 bits per heavy atom. The van der Waals surface area contributed by atoms with Crippen LogP contribution >= 0.6 is 0 Å². The summed E-state index contributed by atoms with van der Waals surface area (Å²) in [4.78, 5) is 48.1. The van der Waals surface area contributed by atoms with Crippen molar-refractivity contribution in [1.29, 1.82) is 0 Å². The van der Waals surface area contributed by atoms with Crippen molar-refractivity contribution in [1.82, 2.24) is 10.2 Å². The van der Waals surface area contributed by atoms with Crippen LogP contribution in [0.1, 0.15) is 46.0 Å². The first-order chi connectivity index (χ1) is 10.0. The molecule has 0 fully saturated rings. The second kappa shape index (κ2) is 5.87. The van der Waals surface area contributed by atoms with Crippen LogP contribution in [-0.4, -0.2) is 35.1 Å². The molecule has 0 aromatic heterocycles. The molecule has 0 radical (unpaired) electrons. The fourth-order valence-electron chi connectivity index (χ4n) is 2.46. The zero-order chi connectivity index (χ0) is 15.6. The molecule has 1 aromatic rings. The van der Waals surface area contributed by atoms with Crippen LogP contribution in [0.25, 0.3) is 0 Å². The van der Waals surface area contributed by atoms with E-state index < -0.39 is 23.8 Å². The topological polar surface area (TPSA) is 83.6 Å². The number of amides is 4. The van der Waals surface area contributed by atoms with Gasteiger partial charge in [-0.3, -0.25) is 29.4 Å². The minimum atomic E-state index is -0.965. The molecular weight excluding hydrogens is 272 g/mol. The van der Waals surface area contributed by atoms with E-state index >= 15 is 0 Å². The number of aryl methyl sites for hydroxylation is 1. The maximum Gasteiger partial charge on any atom is 0.262 e. The highest BCUT2D eigenvalue weighted by Gasteiger charge is 2.42. The van der Waals surface area contributed by atoms with Crippen LogP contribution in [-0.2, 0) is 9.59 Å². The van der Waals surface area contributed by atoms with E-state index in [0.29, 0.717) is 24.0 Å². The molecule has 1 atom stereocenters. The Hall–Kier alpha value is -2.50. The van der Waals surface area contributed by atoms with Crippen molar-refractivity contribution >= 4 is 24.1 Å². The summed E-state index contributed by atoms with van der Waals surface area (Å²) in [7, 11) is 0. The molecule has 0 saturated heterocycles. The first-order valence-electron chi connectivity index (χ1n) is 6.73. The Balaban J connectivity index is 2.40. The summed E-state index contributed by atoms with van der Waals surface area (Å²) >= 11 is 0. The van der Waals surface area contributed by atoms with Gasteiger partial charge in [0.05, 0.1) is 11.1 Å². The summed E-state index contributed by atoms with van der Waals surface area (Å²) in [6.07, 6.45) is 1.17. The minimum absolute atomic E-state index is 0.257. The van der Waals surface area contributed by atoms with Crippen molar-refractivity contribution in [2.75, 3.05) is 0 Å². The summed E-state index contributed by atoms with van der Waals surface area (Å²) in [6, 6.07) is 4.00. The highest BCUT2D eigenvalue weighted by molar-refractivity contribution is 6.23. The summed E-state index contributed by atoms with van der Waals surface area (Å²) in [6.45, 7) is 3.66. The molecule has 4 amide bonds. The number of hydrogen-bond acceptors (Lipinski definition) is 4. The molecule has 110 valence electrons. The molecule has 1 aromatic carbocycles. The van der Waals surface area contributed by atoms with E-state index in [2.05, 4.69) is 0 Å². The molecule has 0 bridgehead atoms. The average Bonchev–Trinajstić information content (AvgIpc) is 2.68. The third-order valence-electron chi connectivity index (χ3n) is 3.45. The summed E-state index contributed by atoms with van der Waals surface area (Å²) in [5, 5.41) is 2.02. The lowest BCUT2D eigenvalue weighted by atomic mass is 10.1. The van der Waals surface area contributed by atoms with Gasteiger partial charge < -0.3 is 0 Å². The molecule has 0 saturated carbocycles. The fourth-order valence-corrected chi connectivity index (χ4v) is 2.46. The average molecular weight is 288 g/mol. The molecule has 1 unspecified atom stereocenters. The molecule has 1 N–H and O–H groups in total. The van der Waals surface area contributed by atoms with E-state index in [0.717, 1.165) is 10.5 Å². The second-order valence-electron chi connectivity index (χ2n) is 4.96. The van der Waals surface area contributed by atoms with Gasteiger partial charge in [-0.05, 0) is 25.5 Å². The number of nitrogens with one attached hydrogen (secondary N) is 1. The van der Waals surface area contributed by atoms with Crippen molar-refractivity contribution in [2.45, 2.75) is 32.7 Å². The van der Waals surface area contributed by atoms with E-state index in [1.807, 2.05) is 19.2 Å². The van der Waals surface area contributed by atoms with Gasteiger partial charge in [-0.25, -0.2) is 0 Å². The summed E-state index contributed by atoms with van der Waals surface area (Å²) in [5.41, 5.74) is 1.46. The predicted molar refractivity (Wildman–Crippen MR) is 74.6 cm³/mol. The van der Waals surface area contributed by atoms with E-state index in [-0.39, 0.29) is 6.41 Å². The van der Waals surface area contributed by atoms with Gasteiger partial charge in [0, 0.05) is 0 Å². The van der Waals surface area contributed by atoms with Crippen LogP contribution in [0.3, 0.4) is 0 Å². The Bertz CT molecular complexity index is 624. The highest BCUT2D eigenvalue weighted by Crippen LogP contribution is 2.27. The van der Waals surface area contributed by atoms with Gasteiger partial charge in [0.25, 0.3) is 11.8 Å². The number of benzene rings is 1. The number of imide groups is 2. The number of nitrogens with zero attached hydrogens (tertiary/aromatic N) is 1. The van der Waals surface area contributed by atoms with Gasteiger partial charge in [0.2, 0.25) is 12.3 Å². The van der Waals surface area contributed by atoms with Crippen molar-refractivity contribution in [3.63, 3.8) is 0 Å². The number of fused-ring (bicyclic) bond motifs is 1. The first-order valence-corrected chi connectivity index (χ1v) is 6.73. The van der Waals surface area contributed by atoms with Crippen LogP contribution in [0, 0.1) is 6.92 Å². The number of rotatable bonds is 5. The van der Waals surface area contributed by atoms with Gasteiger partial charge in [0.1, 0.15) is 6.04 Å². The van der Waals surface area contributed by atoms with E-state index in [9.17, 15) is 19.2 Å². The van der Waals surface area contributed by atoms with Crippen molar-refractivity contribution in [2.24, 2.45) is 0 Å². The molecular formula is C15H16N2O4. The predicted octanol–water partition coefficient (Wildman–Crippen LogP) is 1.03. The zero-order valence-electron chi connectivity index (χ0n) is 11.9. The largest absolute Gasteiger partial charge is 0.297 e. The maximum atomic E-state index is 12.4. The SMILES string of the molecule is CCCC(C(=O)NC=O)N1C(=O)c2ccc(C)cc2C1=O. The number of carbonyl (C=O) groups is 4. The van der Waals surface area contributed by atoms with Crippen LogP contribution in [0.2, 0.25) is 0 Å². The lowest BCUT2D eigenvalue weighted by Gasteiger charge is -2.23. The van der Waals surface area contributed by atoms with E-state index in [4.69, 9.17) is 0 Å². The second-order valence-corrected chi connectivity index (χ2v) is 4.96. The Kier molecular flexibility index (Phi) is 4.16. The molecule has 6 heteroatoms.